The zero-order valence-electron chi connectivity index (χ0n) is 18.9. The maximum atomic E-state index is 12.5. The van der Waals surface area contributed by atoms with Gasteiger partial charge >= 0.3 is 0 Å². The van der Waals surface area contributed by atoms with Crippen molar-refractivity contribution < 1.29 is 9.53 Å². The Kier molecular flexibility index (Phi) is 9.48. The molecule has 9 heteroatoms. The number of hydrogen-bond acceptors (Lipinski definition) is 8. The summed E-state index contributed by atoms with van der Waals surface area (Å²) >= 11 is 1.39. The molecule has 3 aromatic rings. The summed E-state index contributed by atoms with van der Waals surface area (Å²) in [6.45, 7) is 0.478. The van der Waals surface area contributed by atoms with Crippen LogP contribution in [0.25, 0.3) is 0 Å². The Morgan fingerprint density at radius 2 is 1.76 bits per heavy atom. The van der Waals surface area contributed by atoms with Crippen molar-refractivity contribution in [3.63, 3.8) is 0 Å². The van der Waals surface area contributed by atoms with E-state index in [-0.39, 0.29) is 18.1 Å². The van der Waals surface area contributed by atoms with Gasteiger partial charge in [-0.1, -0.05) is 53.8 Å². The molecule has 0 unspecified atom stereocenters. The number of aromatic nitrogens is 2. The topological polar surface area (TPSA) is 142 Å². The lowest BCUT2D eigenvalue weighted by atomic mass is 10.1. The minimum Gasteiger partial charge on any atom is -0.489 e. The van der Waals surface area contributed by atoms with Crippen LogP contribution in [-0.4, -0.2) is 16.1 Å². The summed E-state index contributed by atoms with van der Waals surface area (Å²) in [5.41, 5.74) is 19.3. The van der Waals surface area contributed by atoms with Crippen LogP contribution >= 0.6 is 11.3 Å². The monoisotopic (exact) mass is 478 g/mol. The number of rotatable bonds is 12. The minimum atomic E-state index is -0.145. The molecule has 1 amide bonds. The smallest absolute Gasteiger partial charge is 0.230 e. The highest BCUT2D eigenvalue weighted by Crippen LogP contribution is 2.19. The predicted molar refractivity (Wildman–Crippen MR) is 136 cm³/mol. The first-order chi connectivity index (χ1) is 16.5. The van der Waals surface area contributed by atoms with Gasteiger partial charge in [0.25, 0.3) is 0 Å². The van der Waals surface area contributed by atoms with Gasteiger partial charge in [0.2, 0.25) is 11.0 Å². The molecule has 0 atom stereocenters. The van der Waals surface area contributed by atoms with Gasteiger partial charge in [0.15, 0.2) is 0 Å². The molecule has 34 heavy (non-hydrogen) atoms. The highest BCUT2D eigenvalue weighted by Gasteiger charge is 2.10. The van der Waals surface area contributed by atoms with Gasteiger partial charge in [-0.2, -0.15) is 0 Å². The summed E-state index contributed by atoms with van der Waals surface area (Å²) in [5, 5.41) is 12.5. The Hall–Kier alpha value is -3.85. The highest BCUT2D eigenvalue weighted by atomic mass is 32.1. The summed E-state index contributed by atoms with van der Waals surface area (Å²) in [4.78, 5) is 12.5. The van der Waals surface area contributed by atoms with Gasteiger partial charge in [-0.3, -0.25) is 4.79 Å². The molecular formula is C25H30N6O2S. The summed E-state index contributed by atoms with van der Waals surface area (Å²) in [6, 6.07) is 17.5. The Labute approximate surface area is 203 Å². The summed E-state index contributed by atoms with van der Waals surface area (Å²) < 4.78 is 5.84. The predicted octanol–water partition coefficient (Wildman–Crippen LogP) is 3.61. The number of nitrogens with zero attached hydrogens (tertiary/aromatic N) is 2. The number of carbonyl (C=O) groups excluding carboxylic acids is 1. The molecule has 0 saturated carbocycles. The maximum absolute atomic E-state index is 12.5. The zero-order chi connectivity index (χ0) is 24.2. The van der Waals surface area contributed by atoms with Gasteiger partial charge < -0.3 is 27.3 Å². The number of ether oxygens (including phenoxy) is 1. The molecule has 8 nitrogen and oxygen atoms in total. The van der Waals surface area contributed by atoms with E-state index in [0.717, 1.165) is 53.3 Å². The van der Waals surface area contributed by atoms with Gasteiger partial charge in [0.05, 0.1) is 12.2 Å². The second-order valence-electron chi connectivity index (χ2n) is 7.76. The van der Waals surface area contributed by atoms with Crippen molar-refractivity contribution in [3.05, 3.63) is 94.4 Å². The number of nitrogens with two attached hydrogens (primary N) is 3. The molecule has 0 bridgehead atoms. The first-order valence-electron chi connectivity index (χ1n) is 11.0. The third-order valence-corrected chi connectivity index (χ3v) is 5.72. The molecule has 3 rings (SSSR count). The van der Waals surface area contributed by atoms with Crippen LogP contribution in [0.5, 0.6) is 5.75 Å². The van der Waals surface area contributed by atoms with Crippen LogP contribution in [0.4, 0.5) is 5.13 Å². The van der Waals surface area contributed by atoms with E-state index in [1.54, 1.807) is 12.2 Å². The third kappa shape index (κ3) is 8.95. The molecule has 0 fully saturated rings. The summed E-state index contributed by atoms with van der Waals surface area (Å²) in [7, 11) is 0. The Morgan fingerprint density at radius 3 is 2.56 bits per heavy atom. The quantitative estimate of drug-likeness (QED) is 0.230. The summed E-state index contributed by atoms with van der Waals surface area (Å²) in [5.74, 6) is 0.814. The number of allylic oxidation sites excluding steroid dienone is 3. The minimum absolute atomic E-state index is 0.145. The van der Waals surface area contributed by atoms with Crippen LogP contribution in [-0.2, 0) is 24.2 Å². The molecule has 0 aliphatic rings. The molecule has 0 saturated heterocycles. The van der Waals surface area contributed by atoms with Gasteiger partial charge in [-0.15, -0.1) is 10.2 Å². The maximum Gasteiger partial charge on any atom is 0.230 e. The number of carbonyl (C=O) groups is 1. The van der Waals surface area contributed by atoms with E-state index in [9.17, 15) is 4.79 Å². The number of unbranched alkanes of at least 4 members (excludes halogenated alkanes) is 1. The van der Waals surface area contributed by atoms with E-state index in [0.29, 0.717) is 11.7 Å². The zero-order valence-corrected chi connectivity index (χ0v) is 19.8. The third-order valence-electron chi connectivity index (χ3n) is 4.82. The van der Waals surface area contributed by atoms with E-state index >= 15 is 0 Å². The van der Waals surface area contributed by atoms with Gasteiger partial charge in [0, 0.05) is 12.1 Å². The van der Waals surface area contributed by atoms with Crippen LogP contribution in [0.3, 0.4) is 0 Å². The van der Waals surface area contributed by atoms with Crippen LogP contribution in [0.15, 0.2) is 78.3 Å². The molecule has 0 spiro atoms. The lowest BCUT2D eigenvalue weighted by Gasteiger charge is -2.08. The van der Waals surface area contributed by atoms with Crippen LogP contribution in [0.1, 0.15) is 35.4 Å². The van der Waals surface area contributed by atoms with Gasteiger partial charge in [-0.25, -0.2) is 0 Å². The van der Waals surface area contributed by atoms with Crippen molar-refractivity contribution in [2.45, 2.75) is 38.7 Å². The number of benzene rings is 2. The Morgan fingerprint density at radius 1 is 0.971 bits per heavy atom. The molecule has 1 heterocycles. The van der Waals surface area contributed by atoms with Crippen molar-refractivity contribution in [2.75, 3.05) is 5.32 Å². The largest absolute Gasteiger partial charge is 0.489 e. The van der Waals surface area contributed by atoms with E-state index in [1.165, 1.54) is 11.3 Å². The fourth-order valence-corrected chi connectivity index (χ4v) is 3.93. The highest BCUT2D eigenvalue weighted by molar-refractivity contribution is 7.15. The lowest BCUT2D eigenvalue weighted by Crippen LogP contribution is -2.14. The van der Waals surface area contributed by atoms with E-state index in [2.05, 4.69) is 15.5 Å². The fraction of sp³-hybridized carbons (Fsp3) is 0.240. The standard InChI is InChI=1S/C25H30N6O2S/c26-20(13-14-22(27)28)10-4-5-12-24-30-31-25(34-24)29-23(32)16-19-9-6-11-21(15-19)33-17-18-7-2-1-3-8-18/h1-3,6-9,11,13-15H,4-5,10,12,16-17,26-28H2,(H,29,31,32)/b20-13-. The molecule has 0 radical (unpaired) electrons. The van der Waals surface area contributed by atoms with Crippen molar-refractivity contribution in [3.8, 4) is 5.75 Å². The molecule has 0 aliphatic heterocycles. The summed E-state index contributed by atoms with van der Waals surface area (Å²) in [6.07, 6.45) is 6.88. The van der Waals surface area contributed by atoms with E-state index in [1.807, 2.05) is 54.6 Å². The SMILES string of the molecule is NC(N)=C/C=C(\N)CCCCc1nnc(NC(=O)Cc2cccc(OCc3ccccc3)c2)s1. The van der Waals surface area contributed by atoms with Crippen molar-refractivity contribution in [2.24, 2.45) is 17.2 Å². The average molecular weight is 479 g/mol. The van der Waals surface area contributed by atoms with Crippen LogP contribution in [0.2, 0.25) is 0 Å². The number of hydrogen-bond donors (Lipinski definition) is 4. The van der Waals surface area contributed by atoms with Crippen molar-refractivity contribution >= 4 is 22.4 Å². The van der Waals surface area contributed by atoms with Crippen LogP contribution < -0.4 is 27.3 Å². The first-order valence-corrected chi connectivity index (χ1v) is 11.8. The second-order valence-corrected chi connectivity index (χ2v) is 8.83. The van der Waals surface area contributed by atoms with Crippen molar-refractivity contribution in [1.29, 1.82) is 0 Å². The Balaban J connectivity index is 1.41. The molecule has 1 aromatic heterocycles. The number of aryl methyl sites for hydroxylation is 1. The Bertz CT molecular complexity index is 1120. The number of anilines is 1. The average Bonchev–Trinajstić information content (AvgIpc) is 3.27. The second kappa shape index (κ2) is 13.0. The van der Waals surface area contributed by atoms with Gasteiger partial charge in [-0.05, 0) is 54.7 Å². The number of nitrogens with one attached hydrogen (secondary N) is 1. The molecule has 7 N–H and O–H groups in total. The van der Waals surface area contributed by atoms with E-state index < -0.39 is 0 Å². The lowest BCUT2D eigenvalue weighted by molar-refractivity contribution is -0.115. The molecule has 0 aliphatic carbocycles. The van der Waals surface area contributed by atoms with E-state index in [4.69, 9.17) is 21.9 Å². The molecular weight excluding hydrogens is 448 g/mol. The first kappa shape index (κ1) is 24.8. The molecule has 2 aromatic carbocycles. The fourth-order valence-electron chi connectivity index (χ4n) is 3.13. The van der Waals surface area contributed by atoms with Gasteiger partial charge in [0.1, 0.15) is 17.4 Å². The normalized spacial score (nSPS) is 11.1. The molecule has 178 valence electrons. The van der Waals surface area contributed by atoms with Crippen LogP contribution in [0, 0.1) is 0 Å². The number of amides is 1. The van der Waals surface area contributed by atoms with Crippen molar-refractivity contribution in [1.82, 2.24) is 10.2 Å².